The lowest BCUT2D eigenvalue weighted by molar-refractivity contribution is -0.605. The van der Waals surface area contributed by atoms with Crippen molar-refractivity contribution in [3.63, 3.8) is 0 Å². The highest BCUT2D eigenvalue weighted by molar-refractivity contribution is 5.98. The molecular formula is C32H53N7O6. The van der Waals surface area contributed by atoms with Crippen molar-refractivity contribution < 1.29 is 28.7 Å². The lowest BCUT2D eigenvalue weighted by atomic mass is 10.0. The number of aromatic nitrogens is 1. The molecule has 0 aliphatic rings. The summed E-state index contributed by atoms with van der Waals surface area (Å²) in [5.74, 6) is -1.90. The van der Waals surface area contributed by atoms with E-state index in [0.29, 0.717) is 30.5 Å². The summed E-state index contributed by atoms with van der Waals surface area (Å²) in [5.41, 5.74) is 0.211. The summed E-state index contributed by atoms with van der Waals surface area (Å²) in [6.07, 6.45) is 5.59. The molecule has 0 aliphatic heterocycles. The van der Waals surface area contributed by atoms with E-state index in [2.05, 4.69) is 38.5 Å². The van der Waals surface area contributed by atoms with E-state index in [0.717, 1.165) is 0 Å². The van der Waals surface area contributed by atoms with Crippen LogP contribution in [0.5, 0.6) is 0 Å². The van der Waals surface area contributed by atoms with Crippen molar-refractivity contribution in [1.82, 2.24) is 31.9 Å². The van der Waals surface area contributed by atoms with Gasteiger partial charge in [0.05, 0.1) is 11.6 Å². The zero-order valence-corrected chi connectivity index (χ0v) is 27.8. The van der Waals surface area contributed by atoms with Crippen LogP contribution in [0, 0.1) is 17.0 Å². The van der Waals surface area contributed by atoms with Crippen LogP contribution in [0.25, 0.3) is 0 Å². The molecule has 1 aromatic rings. The average molecular weight is 632 g/mol. The van der Waals surface area contributed by atoms with Gasteiger partial charge in [0.15, 0.2) is 12.4 Å². The minimum atomic E-state index is -0.983. The zero-order chi connectivity index (χ0) is 34.1. The summed E-state index contributed by atoms with van der Waals surface area (Å²) in [4.78, 5) is 64.7. The minimum absolute atomic E-state index is 0.102. The molecule has 1 heterocycles. The molecule has 5 atom stereocenters. The van der Waals surface area contributed by atoms with Crippen molar-refractivity contribution in [3.05, 3.63) is 48.0 Å². The van der Waals surface area contributed by atoms with Crippen molar-refractivity contribution in [2.45, 2.75) is 104 Å². The van der Waals surface area contributed by atoms with E-state index in [4.69, 9.17) is 0 Å². The molecule has 0 radical (unpaired) electrons. The molecule has 0 fully saturated rings. The largest absolute Gasteiger partial charge is 0.619 e. The summed E-state index contributed by atoms with van der Waals surface area (Å²) in [7, 11) is 0. The highest BCUT2D eigenvalue weighted by Gasteiger charge is 2.29. The number of carbonyl (C=O) groups is 5. The maximum Gasteiger partial charge on any atom is 0.252 e. The fourth-order valence-electron chi connectivity index (χ4n) is 4.61. The van der Waals surface area contributed by atoms with Crippen LogP contribution in [0.3, 0.4) is 0 Å². The van der Waals surface area contributed by atoms with Gasteiger partial charge in [-0.25, -0.2) is 0 Å². The first-order chi connectivity index (χ1) is 21.2. The quantitative estimate of drug-likeness (QED) is 0.0706. The van der Waals surface area contributed by atoms with Crippen LogP contribution in [0.1, 0.15) is 84.5 Å². The van der Waals surface area contributed by atoms with E-state index in [-0.39, 0.29) is 54.1 Å². The Hall–Kier alpha value is -4.00. The van der Waals surface area contributed by atoms with Crippen LogP contribution in [0.2, 0.25) is 0 Å². The maximum absolute atomic E-state index is 13.4. The molecule has 13 nitrogen and oxygen atoms in total. The van der Waals surface area contributed by atoms with Crippen molar-refractivity contribution in [2.75, 3.05) is 13.1 Å². The van der Waals surface area contributed by atoms with Crippen LogP contribution in [0.15, 0.2) is 37.2 Å². The third kappa shape index (κ3) is 14.1. The number of amides is 5. The highest BCUT2D eigenvalue weighted by Crippen LogP contribution is 2.08. The molecule has 0 aromatic carbocycles. The highest BCUT2D eigenvalue weighted by atomic mass is 16.5. The zero-order valence-electron chi connectivity index (χ0n) is 27.8. The van der Waals surface area contributed by atoms with E-state index >= 15 is 0 Å². The number of rotatable bonds is 20. The van der Waals surface area contributed by atoms with Crippen molar-refractivity contribution in [3.8, 4) is 0 Å². The summed E-state index contributed by atoms with van der Waals surface area (Å²) in [5, 5.41) is 28.5. The third-order valence-electron chi connectivity index (χ3n) is 7.06. The fourth-order valence-corrected chi connectivity index (χ4v) is 4.61. The molecule has 0 spiro atoms. The summed E-state index contributed by atoms with van der Waals surface area (Å²) >= 11 is 0. The van der Waals surface area contributed by atoms with E-state index in [1.165, 1.54) is 30.6 Å². The molecule has 1 aromatic heterocycles. The lowest BCUT2D eigenvalue weighted by Gasteiger charge is -2.28. The number of nitrogens with one attached hydrogen (secondary N) is 6. The van der Waals surface area contributed by atoms with Gasteiger partial charge in [-0.1, -0.05) is 47.1 Å². The van der Waals surface area contributed by atoms with E-state index in [1.807, 2.05) is 41.5 Å². The smallest absolute Gasteiger partial charge is 0.252 e. The minimum Gasteiger partial charge on any atom is -0.619 e. The number of likely N-dealkylation sites (N-methyl/N-ethyl adjacent to an activating group) is 1. The molecule has 6 N–H and O–H groups in total. The van der Waals surface area contributed by atoms with Gasteiger partial charge < -0.3 is 37.1 Å². The van der Waals surface area contributed by atoms with Crippen molar-refractivity contribution in [1.29, 1.82) is 0 Å². The van der Waals surface area contributed by atoms with Gasteiger partial charge in [-0.15, -0.1) is 6.58 Å². The second-order valence-corrected chi connectivity index (χ2v) is 11.9. The number of pyridine rings is 1. The Kier molecular flexibility index (Phi) is 17.4. The lowest BCUT2D eigenvalue weighted by Crippen LogP contribution is -2.57. The van der Waals surface area contributed by atoms with Crippen LogP contribution >= 0.6 is 0 Å². The molecule has 45 heavy (non-hydrogen) atoms. The van der Waals surface area contributed by atoms with E-state index in [9.17, 15) is 29.2 Å². The molecular weight excluding hydrogens is 578 g/mol. The number of carbonyl (C=O) groups excluding carboxylic acids is 5. The molecule has 0 saturated heterocycles. The van der Waals surface area contributed by atoms with Gasteiger partial charge in [0.2, 0.25) is 23.6 Å². The summed E-state index contributed by atoms with van der Waals surface area (Å²) in [6, 6.07) is -0.803. The third-order valence-corrected chi connectivity index (χ3v) is 7.06. The first-order valence-electron chi connectivity index (χ1n) is 15.8. The van der Waals surface area contributed by atoms with Gasteiger partial charge in [0.25, 0.3) is 5.91 Å². The Bertz CT molecular complexity index is 1130. The normalized spacial score (nSPS) is 14.4. The Morgan fingerprint density at radius 2 is 1.49 bits per heavy atom. The molecule has 5 amide bonds. The number of hydrogen-bond donors (Lipinski definition) is 6. The molecule has 252 valence electrons. The summed E-state index contributed by atoms with van der Waals surface area (Å²) in [6.45, 7) is 17.6. The van der Waals surface area contributed by atoms with Crippen LogP contribution in [-0.2, 0) is 19.2 Å². The van der Waals surface area contributed by atoms with Crippen molar-refractivity contribution in [2.24, 2.45) is 11.8 Å². The first-order valence-corrected chi connectivity index (χ1v) is 15.8. The topological polar surface area (TPSA) is 184 Å². The molecule has 0 bridgehead atoms. The van der Waals surface area contributed by atoms with Crippen LogP contribution in [0.4, 0.5) is 0 Å². The van der Waals surface area contributed by atoms with Gasteiger partial charge in [0.1, 0.15) is 18.1 Å². The van der Waals surface area contributed by atoms with Gasteiger partial charge in [0, 0.05) is 31.3 Å². The Labute approximate surface area is 267 Å². The standard InChI is InChI=1S/C32H53N7O6/c1-9-12-25(37-31(43)26(13-10-2)36-29(41)23-14-16-39(45)17-15-23)30(42)35-24(18-20(4)5)19-34-22(8)28(40)38-27(21(6)7)32(44)33-11-3/h10,14-17,20-22,24-27,34H,2,9,11-13,18-19H2,1,3-8H3,(H,33,44)(H,35,42)(H,36,41)(H,37,43)(H,38,40)/t22-,24-,25-,26-,27-/m0/s1. The Balaban J connectivity index is 2.92. The molecule has 13 heteroatoms. The maximum atomic E-state index is 13.4. The van der Waals surface area contributed by atoms with Crippen LogP contribution in [-0.4, -0.2) is 72.8 Å². The van der Waals surface area contributed by atoms with Crippen LogP contribution < -0.4 is 36.6 Å². The predicted molar refractivity (Wildman–Crippen MR) is 173 cm³/mol. The average Bonchev–Trinajstić information content (AvgIpc) is 2.97. The van der Waals surface area contributed by atoms with E-state index in [1.54, 1.807) is 6.92 Å². The van der Waals surface area contributed by atoms with Gasteiger partial charge in [-0.2, -0.15) is 4.73 Å². The predicted octanol–water partition coefficient (Wildman–Crippen LogP) is 1.07. The van der Waals surface area contributed by atoms with Gasteiger partial charge in [-0.05, 0) is 44.9 Å². The van der Waals surface area contributed by atoms with E-state index < -0.39 is 36.0 Å². The fraction of sp³-hybridized carbons (Fsp3) is 0.625. The number of hydrogen-bond acceptors (Lipinski definition) is 7. The van der Waals surface area contributed by atoms with Gasteiger partial charge in [-0.3, -0.25) is 24.0 Å². The Morgan fingerprint density at radius 3 is 2.02 bits per heavy atom. The second kappa shape index (κ2) is 20.1. The Morgan fingerprint density at radius 1 is 0.867 bits per heavy atom. The molecule has 0 aliphatic carbocycles. The first kappa shape index (κ1) is 39.0. The van der Waals surface area contributed by atoms with Crippen molar-refractivity contribution >= 4 is 29.5 Å². The number of nitrogens with zero attached hydrogens (tertiary/aromatic N) is 1. The SMILES string of the molecule is C=CC[C@H](NC(=O)c1cc[n+]([O-])cc1)C(=O)N[C@@H](CCC)C(=O)N[C@H](CN[C@@H](C)C(=O)N[C@H](C(=O)NCC)C(C)C)CC(C)C. The monoisotopic (exact) mass is 631 g/mol. The second-order valence-electron chi connectivity index (χ2n) is 11.9. The van der Waals surface area contributed by atoms with Gasteiger partial charge >= 0.3 is 0 Å². The molecule has 0 saturated carbocycles. The molecule has 0 unspecified atom stereocenters. The summed E-state index contributed by atoms with van der Waals surface area (Å²) < 4.78 is 0.548. The molecule has 1 rings (SSSR count).